The van der Waals surface area contributed by atoms with Gasteiger partial charge in [0.2, 0.25) is 0 Å². The van der Waals surface area contributed by atoms with Crippen LogP contribution in [0.15, 0.2) is 53.3 Å². The van der Waals surface area contributed by atoms with Gasteiger partial charge in [-0.05, 0) is 30.3 Å². The Hall–Kier alpha value is -3.72. The third-order valence-electron chi connectivity index (χ3n) is 5.30. The number of aliphatic hydroxyl groups excluding tert-OH is 1. The maximum absolute atomic E-state index is 14.0. The molecule has 202 valence electrons. The van der Waals surface area contributed by atoms with Crippen LogP contribution in [0.5, 0.6) is 0 Å². The summed E-state index contributed by atoms with van der Waals surface area (Å²) < 4.78 is 113. The summed E-state index contributed by atoms with van der Waals surface area (Å²) in [5, 5.41) is 19.7. The van der Waals surface area contributed by atoms with Gasteiger partial charge in [0, 0.05) is 47.3 Å². The van der Waals surface area contributed by atoms with Crippen molar-refractivity contribution in [1.29, 1.82) is 0 Å². The van der Waals surface area contributed by atoms with E-state index in [0.29, 0.717) is 5.69 Å². The van der Waals surface area contributed by atoms with Gasteiger partial charge in [0.1, 0.15) is 17.0 Å². The van der Waals surface area contributed by atoms with E-state index in [0.717, 1.165) is 13.1 Å². The molecule has 1 aromatic carbocycles. The highest BCUT2D eigenvalue weighted by Gasteiger charge is 2.64. The first-order valence-electron chi connectivity index (χ1n) is 10.3. The highest BCUT2D eigenvalue weighted by molar-refractivity contribution is 6.31. The Balaban J connectivity index is 1.75. The number of aromatic nitrogens is 4. The Morgan fingerprint density at radius 2 is 1.66 bits per heavy atom. The summed E-state index contributed by atoms with van der Waals surface area (Å²) in [6.45, 7) is 0. The third kappa shape index (κ3) is 5.03. The van der Waals surface area contributed by atoms with Crippen LogP contribution in [0.3, 0.4) is 0 Å². The fourth-order valence-corrected chi connectivity index (χ4v) is 3.77. The summed E-state index contributed by atoms with van der Waals surface area (Å²) in [5.41, 5.74) is -5.94. The zero-order valence-electron chi connectivity index (χ0n) is 18.7. The maximum atomic E-state index is 14.0. The van der Waals surface area contributed by atoms with Crippen molar-refractivity contribution >= 4 is 17.3 Å². The van der Waals surface area contributed by atoms with Crippen molar-refractivity contribution in [2.24, 2.45) is 7.05 Å². The van der Waals surface area contributed by atoms with Crippen LogP contribution in [0.1, 0.15) is 23.0 Å². The van der Waals surface area contributed by atoms with Gasteiger partial charge < -0.3 is 14.9 Å². The molecule has 7 nitrogen and oxygen atoms in total. The average molecular weight is 568 g/mol. The zero-order chi connectivity index (χ0) is 28.0. The van der Waals surface area contributed by atoms with Gasteiger partial charge in [0.15, 0.2) is 17.7 Å². The Morgan fingerprint density at radius 3 is 2.26 bits per heavy atom. The molecule has 0 amide bonds. The molecule has 0 aliphatic rings. The highest BCUT2D eigenvalue weighted by Crippen LogP contribution is 2.50. The average Bonchev–Trinajstić information content (AvgIpc) is 3.44. The van der Waals surface area contributed by atoms with Crippen molar-refractivity contribution in [3.8, 4) is 22.7 Å². The molecule has 38 heavy (non-hydrogen) atoms. The molecule has 16 heteroatoms. The number of benzene rings is 1. The van der Waals surface area contributed by atoms with Gasteiger partial charge in [-0.25, -0.2) is 0 Å². The molecule has 0 saturated carbocycles. The smallest absolute Gasteiger partial charge is 0.369 e. The molecule has 3 heterocycles. The summed E-state index contributed by atoms with van der Waals surface area (Å²) in [6.07, 6.45) is -10.4. The summed E-state index contributed by atoms with van der Waals surface area (Å²) in [6, 6.07) is 8.06. The first-order valence-corrected chi connectivity index (χ1v) is 10.7. The van der Waals surface area contributed by atoms with E-state index >= 15 is 0 Å². The van der Waals surface area contributed by atoms with E-state index < -0.39 is 47.1 Å². The highest BCUT2D eigenvalue weighted by atomic mass is 35.5. The number of alkyl halides is 8. The molecule has 0 radical (unpaired) electrons. The number of hydrogen-bond acceptors (Lipinski definition) is 6. The number of hydrogen-bond donors (Lipinski definition) is 2. The van der Waals surface area contributed by atoms with Crippen molar-refractivity contribution in [2.45, 2.75) is 24.5 Å². The second-order valence-electron chi connectivity index (χ2n) is 7.86. The molecule has 1 atom stereocenters. The van der Waals surface area contributed by atoms with Gasteiger partial charge in [-0.1, -0.05) is 16.8 Å². The lowest BCUT2D eigenvalue weighted by Gasteiger charge is -2.19. The van der Waals surface area contributed by atoms with Crippen LogP contribution in [-0.4, -0.2) is 31.2 Å². The number of rotatable bonds is 6. The summed E-state index contributed by atoms with van der Waals surface area (Å²) >= 11 is 6.16. The van der Waals surface area contributed by atoms with Crippen LogP contribution in [0.25, 0.3) is 22.7 Å². The fourth-order valence-electron chi connectivity index (χ4n) is 3.55. The van der Waals surface area contributed by atoms with Crippen LogP contribution < -0.4 is 5.32 Å². The molecular weight excluding hydrogens is 554 g/mol. The third-order valence-corrected chi connectivity index (χ3v) is 5.64. The van der Waals surface area contributed by atoms with Crippen molar-refractivity contribution in [3.05, 3.63) is 70.6 Å². The number of aliphatic hydroxyl groups is 1. The lowest BCUT2D eigenvalue weighted by Crippen LogP contribution is -2.36. The standard InChI is InChI=1S/C22H14ClF8N5O2/c1-36-17(16(21(26,27)28)18(34-36)20(24,25)22(29,30)31)14-9-15(38-35-14)10-2-3-13(23)12(8-10)19(37)33-11-4-6-32-7-5-11/h2-9,19,37H,1H3,(H,32,33)/t19-/m1/s1. The van der Waals surface area contributed by atoms with E-state index in [4.69, 9.17) is 16.1 Å². The number of anilines is 1. The molecule has 2 N–H and O–H groups in total. The van der Waals surface area contributed by atoms with Crippen molar-refractivity contribution in [1.82, 2.24) is 19.9 Å². The van der Waals surface area contributed by atoms with Gasteiger partial charge in [0.25, 0.3) is 0 Å². The van der Waals surface area contributed by atoms with Gasteiger partial charge >= 0.3 is 18.3 Å². The lowest BCUT2D eigenvalue weighted by atomic mass is 10.0. The first-order chi connectivity index (χ1) is 17.6. The van der Waals surface area contributed by atoms with E-state index in [9.17, 15) is 40.2 Å². The van der Waals surface area contributed by atoms with Crippen molar-refractivity contribution in [3.63, 3.8) is 0 Å². The summed E-state index contributed by atoms with van der Waals surface area (Å²) in [5.74, 6) is -6.10. The molecule has 4 aromatic rings. The Kier molecular flexibility index (Phi) is 6.86. The fraction of sp³-hybridized carbons (Fsp3) is 0.227. The minimum absolute atomic E-state index is 0.104. The molecule has 0 aliphatic heterocycles. The largest absolute Gasteiger partial charge is 0.459 e. The monoisotopic (exact) mass is 567 g/mol. The van der Waals surface area contributed by atoms with Gasteiger partial charge in [-0.15, -0.1) is 0 Å². The molecule has 0 fully saturated rings. The lowest BCUT2D eigenvalue weighted by molar-refractivity contribution is -0.292. The number of aryl methyl sites for hydroxylation is 1. The normalized spacial score (nSPS) is 13.6. The molecule has 0 unspecified atom stereocenters. The van der Waals surface area contributed by atoms with Crippen LogP contribution in [0, 0.1) is 0 Å². The van der Waals surface area contributed by atoms with Crippen LogP contribution in [0.4, 0.5) is 40.8 Å². The van der Waals surface area contributed by atoms with E-state index in [1.165, 1.54) is 30.6 Å². The second kappa shape index (κ2) is 9.54. The predicted octanol–water partition coefficient (Wildman–Crippen LogP) is 6.57. The van der Waals surface area contributed by atoms with E-state index in [1.807, 2.05) is 0 Å². The SMILES string of the molecule is Cn1nc(C(F)(F)C(F)(F)F)c(C(F)(F)F)c1-c1cc(-c2ccc(Cl)c([C@@H](O)Nc3ccncc3)c2)on1. The van der Waals surface area contributed by atoms with E-state index in [2.05, 4.69) is 20.6 Å². The summed E-state index contributed by atoms with van der Waals surface area (Å²) in [7, 11) is 0.760. The topological polar surface area (TPSA) is 89.0 Å². The minimum atomic E-state index is -6.33. The van der Waals surface area contributed by atoms with Gasteiger partial charge in [-0.2, -0.15) is 40.2 Å². The number of halogens is 9. The predicted molar refractivity (Wildman–Crippen MR) is 117 cm³/mol. The van der Waals surface area contributed by atoms with Crippen LogP contribution in [-0.2, 0) is 19.1 Å². The first kappa shape index (κ1) is 27.3. The van der Waals surface area contributed by atoms with Crippen LogP contribution >= 0.6 is 11.6 Å². The van der Waals surface area contributed by atoms with Crippen molar-refractivity contribution < 1.29 is 44.8 Å². The Morgan fingerprint density at radius 1 is 1.00 bits per heavy atom. The second-order valence-corrected chi connectivity index (χ2v) is 8.27. The van der Waals surface area contributed by atoms with Crippen LogP contribution in [0.2, 0.25) is 5.02 Å². The molecular formula is C22H14ClF8N5O2. The Bertz CT molecular complexity index is 1450. The minimum Gasteiger partial charge on any atom is -0.369 e. The van der Waals surface area contributed by atoms with Gasteiger partial charge in [0.05, 0.1) is 0 Å². The Labute approximate surface area is 212 Å². The molecule has 4 rings (SSSR count). The molecule has 3 aromatic heterocycles. The zero-order valence-corrected chi connectivity index (χ0v) is 19.5. The van der Waals surface area contributed by atoms with E-state index in [-0.39, 0.29) is 26.6 Å². The maximum Gasteiger partial charge on any atom is 0.459 e. The molecule has 0 saturated heterocycles. The number of nitrogens with one attached hydrogen (secondary N) is 1. The van der Waals surface area contributed by atoms with Gasteiger partial charge in [-0.3, -0.25) is 9.67 Å². The van der Waals surface area contributed by atoms with E-state index in [1.54, 1.807) is 12.1 Å². The summed E-state index contributed by atoms with van der Waals surface area (Å²) in [4.78, 5) is 3.84. The number of nitrogens with zero attached hydrogens (tertiary/aromatic N) is 4. The quantitative estimate of drug-likeness (QED) is 0.202. The molecule has 0 spiro atoms. The number of pyridine rings is 1. The molecule has 0 bridgehead atoms. The molecule has 0 aliphatic carbocycles. The van der Waals surface area contributed by atoms with Crippen molar-refractivity contribution in [2.75, 3.05) is 5.32 Å².